The van der Waals surface area contributed by atoms with Gasteiger partial charge in [-0.3, -0.25) is 0 Å². The third-order valence-corrected chi connectivity index (χ3v) is 3.10. The monoisotopic (exact) mass is 234 g/mol. The van der Waals surface area contributed by atoms with Crippen LogP contribution in [0.5, 0.6) is 0 Å². The van der Waals surface area contributed by atoms with Crippen molar-refractivity contribution in [3.05, 3.63) is 29.8 Å². The molecule has 0 aliphatic carbocycles. The first-order valence-electron chi connectivity index (χ1n) is 6.03. The first kappa shape index (κ1) is 11.9. The second-order valence-electron chi connectivity index (χ2n) is 4.48. The number of benzene rings is 1. The summed E-state index contributed by atoms with van der Waals surface area (Å²) < 4.78 is 0. The summed E-state index contributed by atoms with van der Waals surface area (Å²) in [5.74, 6) is -0.245. The summed E-state index contributed by atoms with van der Waals surface area (Å²) in [6.45, 7) is 3.06. The van der Waals surface area contributed by atoms with Crippen molar-refractivity contribution in [1.29, 1.82) is 0 Å². The van der Waals surface area contributed by atoms with Gasteiger partial charge in [-0.15, -0.1) is 0 Å². The van der Waals surface area contributed by atoms with E-state index in [0.29, 0.717) is 11.5 Å². The maximum atomic E-state index is 10.8. The van der Waals surface area contributed by atoms with Crippen LogP contribution in [0, 0.1) is 5.92 Å². The van der Waals surface area contributed by atoms with Gasteiger partial charge in [0.05, 0.1) is 5.56 Å². The van der Waals surface area contributed by atoms with E-state index >= 15 is 0 Å². The molecule has 1 heterocycles. The van der Waals surface area contributed by atoms with Gasteiger partial charge in [0.1, 0.15) is 0 Å². The largest absolute Gasteiger partial charge is 0.478 e. The van der Waals surface area contributed by atoms with Gasteiger partial charge in [0, 0.05) is 12.2 Å². The molecule has 1 aromatic carbocycles. The highest BCUT2D eigenvalue weighted by Crippen LogP contribution is 2.14. The van der Waals surface area contributed by atoms with Crippen molar-refractivity contribution in [2.45, 2.75) is 12.8 Å². The molecule has 92 valence electrons. The molecule has 1 atom stereocenters. The minimum Gasteiger partial charge on any atom is -0.478 e. The molecule has 3 N–H and O–H groups in total. The van der Waals surface area contributed by atoms with Crippen LogP contribution in [-0.4, -0.2) is 30.7 Å². The van der Waals surface area contributed by atoms with Crippen LogP contribution in [0.3, 0.4) is 0 Å². The number of nitrogens with one attached hydrogen (secondary N) is 2. The van der Waals surface area contributed by atoms with Crippen LogP contribution in [0.25, 0.3) is 0 Å². The summed E-state index contributed by atoms with van der Waals surface area (Å²) in [7, 11) is 0. The maximum Gasteiger partial charge on any atom is 0.335 e. The van der Waals surface area contributed by atoms with Gasteiger partial charge in [-0.1, -0.05) is 6.07 Å². The van der Waals surface area contributed by atoms with Crippen molar-refractivity contribution in [1.82, 2.24) is 5.32 Å². The molecule has 17 heavy (non-hydrogen) atoms. The van der Waals surface area contributed by atoms with E-state index in [1.54, 1.807) is 18.2 Å². The summed E-state index contributed by atoms with van der Waals surface area (Å²) in [6.07, 6.45) is 2.46. The van der Waals surface area contributed by atoms with Crippen LogP contribution < -0.4 is 10.6 Å². The molecular formula is C13H18N2O2. The highest BCUT2D eigenvalue weighted by Gasteiger charge is 2.12. The molecule has 1 aromatic rings. The van der Waals surface area contributed by atoms with E-state index in [9.17, 15) is 4.79 Å². The van der Waals surface area contributed by atoms with Gasteiger partial charge in [0.25, 0.3) is 0 Å². The van der Waals surface area contributed by atoms with E-state index in [4.69, 9.17) is 5.11 Å². The van der Waals surface area contributed by atoms with E-state index in [1.807, 2.05) is 6.07 Å². The van der Waals surface area contributed by atoms with Crippen LogP contribution in [0.1, 0.15) is 23.2 Å². The second kappa shape index (κ2) is 5.68. The normalized spacial score (nSPS) is 19.9. The summed E-state index contributed by atoms with van der Waals surface area (Å²) in [5, 5.41) is 15.6. The molecule has 0 radical (unpaired) electrons. The number of hydrogen-bond acceptors (Lipinski definition) is 3. The zero-order valence-electron chi connectivity index (χ0n) is 9.78. The molecule has 4 heteroatoms. The van der Waals surface area contributed by atoms with Gasteiger partial charge in [0.15, 0.2) is 0 Å². The Balaban J connectivity index is 1.89. The third kappa shape index (κ3) is 3.46. The van der Waals surface area contributed by atoms with E-state index in [1.165, 1.54) is 12.8 Å². The lowest BCUT2D eigenvalue weighted by atomic mass is 9.99. The van der Waals surface area contributed by atoms with Gasteiger partial charge in [-0.25, -0.2) is 4.79 Å². The Morgan fingerprint density at radius 1 is 1.53 bits per heavy atom. The summed E-state index contributed by atoms with van der Waals surface area (Å²) in [6, 6.07) is 6.96. The molecule has 1 saturated heterocycles. The number of anilines is 1. The summed E-state index contributed by atoms with van der Waals surface area (Å²) in [5.41, 5.74) is 1.22. The van der Waals surface area contributed by atoms with E-state index in [0.717, 1.165) is 25.3 Å². The lowest BCUT2D eigenvalue weighted by Gasteiger charge is -2.23. The smallest absolute Gasteiger partial charge is 0.335 e. The molecular weight excluding hydrogens is 216 g/mol. The van der Waals surface area contributed by atoms with Crippen LogP contribution >= 0.6 is 0 Å². The standard InChI is InChI=1S/C13H18N2O2/c16-13(17)11-4-1-5-12(7-11)15-9-10-3-2-6-14-8-10/h1,4-5,7,10,14-15H,2-3,6,8-9H2,(H,16,17). The Bertz CT molecular complexity index is 387. The molecule has 2 rings (SSSR count). The van der Waals surface area contributed by atoms with Gasteiger partial charge in [-0.2, -0.15) is 0 Å². The average molecular weight is 234 g/mol. The number of carboxylic acids is 1. The molecule has 0 bridgehead atoms. The third-order valence-electron chi connectivity index (χ3n) is 3.10. The zero-order chi connectivity index (χ0) is 12.1. The average Bonchev–Trinajstić information content (AvgIpc) is 2.38. The Morgan fingerprint density at radius 2 is 2.41 bits per heavy atom. The minimum atomic E-state index is -0.881. The number of carboxylic acid groups (broad SMARTS) is 1. The Labute approximate surface area is 101 Å². The molecule has 1 aliphatic heterocycles. The molecule has 1 unspecified atom stereocenters. The lowest BCUT2D eigenvalue weighted by Crippen LogP contribution is -2.33. The fraction of sp³-hybridized carbons (Fsp3) is 0.462. The fourth-order valence-electron chi connectivity index (χ4n) is 2.12. The van der Waals surface area contributed by atoms with E-state index in [-0.39, 0.29) is 0 Å². The zero-order valence-corrected chi connectivity index (χ0v) is 9.78. The maximum absolute atomic E-state index is 10.8. The van der Waals surface area contributed by atoms with Crippen molar-refractivity contribution in [2.75, 3.05) is 25.0 Å². The number of carbonyl (C=O) groups is 1. The van der Waals surface area contributed by atoms with E-state index in [2.05, 4.69) is 10.6 Å². The summed E-state index contributed by atoms with van der Waals surface area (Å²) >= 11 is 0. The van der Waals surface area contributed by atoms with Gasteiger partial charge in [0.2, 0.25) is 0 Å². The van der Waals surface area contributed by atoms with Crippen LogP contribution in [0.4, 0.5) is 5.69 Å². The first-order chi connectivity index (χ1) is 8.25. The number of piperidine rings is 1. The molecule has 0 amide bonds. The van der Waals surface area contributed by atoms with Crippen molar-refractivity contribution in [3.8, 4) is 0 Å². The Hall–Kier alpha value is -1.55. The van der Waals surface area contributed by atoms with Crippen molar-refractivity contribution in [2.24, 2.45) is 5.92 Å². The number of hydrogen-bond donors (Lipinski definition) is 3. The van der Waals surface area contributed by atoms with Crippen LogP contribution in [-0.2, 0) is 0 Å². The molecule has 0 spiro atoms. The Morgan fingerprint density at radius 3 is 3.12 bits per heavy atom. The van der Waals surface area contributed by atoms with Gasteiger partial charge < -0.3 is 15.7 Å². The first-order valence-corrected chi connectivity index (χ1v) is 6.03. The van der Waals surface area contributed by atoms with Gasteiger partial charge in [-0.05, 0) is 50.0 Å². The molecule has 4 nitrogen and oxygen atoms in total. The molecule has 0 saturated carbocycles. The van der Waals surface area contributed by atoms with Crippen molar-refractivity contribution < 1.29 is 9.90 Å². The predicted molar refractivity (Wildman–Crippen MR) is 67.5 cm³/mol. The molecule has 1 aliphatic rings. The highest BCUT2D eigenvalue weighted by molar-refractivity contribution is 5.88. The van der Waals surface area contributed by atoms with Crippen molar-refractivity contribution >= 4 is 11.7 Å². The highest BCUT2D eigenvalue weighted by atomic mass is 16.4. The minimum absolute atomic E-state index is 0.330. The van der Waals surface area contributed by atoms with E-state index < -0.39 is 5.97 Å². The number of aromatic carboxylic acids is 1. The molecule has 1 fully saturated rings. The summed E-state index contributed by atoms with van der Waals surface area (Å²) in [4.78, 5) is 10.8. The van der Waals surface area contributed by atoms with Crippen LogP contribution in [0.2, 0.25) is 0 Å². The SMILES string of the molecule is O=C(O)c1cccc(NCC2CCCNC2)c1. The van der Waals surface area contributed by atoms with Gasteiger partial charge >= 0.3 is 5.97 Å². The molecule has 0 aromatic heterocycles. The fourth-order valence-corrected chi connectivity index (χ4v) is 2.12. The topological polar surface area (TPSA) is 61.4 Å². The second-order valence-corrected chi connectivity index (χ2v) is 4.48. The van der Waals surface area contributed by atoms with Crippen LogP contribution in [0.15, 0.2) is 24.3 Å². The quantitative estimate of drug-likeness (QED) is 0.743. The number of rotatable bonds is 4. The lowest BCUT2D eigenvalue weighted by molar-refractivity contribution is 0.0697. The Kier molecular flexibility index (Phi) is 3.98. The predicted octanol–water partition coefficient (Wildman–Crippen LogP) is 1.80. The van der Waals surface area contributed by atoms with Crippen molar-refractivity contribution in [3.63, 3.8) is 0 Å².